The lowest BCUT2D eigenvalue weighted by molar-refractivity contribution is 0.313. The molecule has 0 aliphatic carbocycles. The topological polar surface area (TPSA) is 117 Å². The van der Waals surface area contributed by atoms with Gasteiger partial charge in [0.2, 0.25) is 0 Å². The molecule has 0 bridgehead atoms. The second-order valence-corrected chi connectivity index (χ2v) is 9.76. The third kappa shape index (κ3) is 5.96. The molecule has 11 heteroatoms. The number of nitrogens with one attached hydrogen (secondary N) is 2. The van der Waals surface area contributed by atoms with Crippen LogP contribution in [0.3, 0.4) is 0 Å². The van der Waals surface area contributed by atoms with E-state index in [2.05, 4.69) is 84.9 Å². The maximum atomic E-state index is 5.51. The molecule has 188 valence electrons. The Hall–Kier alpha value is -3.60. The van der Waals surface area contributed by atoms with Crippen LogP contribution in [0.4, 0.5) is 0 Å². The van der Waals surface area contributed by atoms with E-state index in [1.54, 1.807) is 6.33 Å². The van der Waals surface area contributed by atoms with Gasteiger partial charge >= 0.3 is 0 Å². The van der Waals surface area contributed by atoms with Crippen LogP contribution in [0.15, 0.2) is 87.7 Å². The van der Waals surface area contributed by atoms with E-state index in [-0.39, 0.29) is 17.1 Å². The maximum absolute atomic E-state index is 5.51. The summed E-state index contributed by atoms with van der Waals surface area (Å²) in [6.45, 7) is 5.83. The normalized spacial score (nSPS) is 16.4. The predicted molar refractivity (Wildman–Crippen MR) is 141 cm³/mol. The van der Waals surface area contributed by atoms with E-state index in [0.717, 1.165) is 38.8 Å². The number of hydrogen-bond acceptors (Lipinski definition) is 8. The summed E-state index contributed by atoms with van der Waals surface area (Å²) in [5, 5.41) is 35.1. The van der Waals surface area contributed by atoms with Crippen molar-refractivity contribution in [3.63, 3.8) is 0 Å². The molecule has 1 aliphatic rings. The molecule has 2 unspecified atom stereocenters. The van der Waals surface area contributed by atoms with Crippen LogP contribution in [0.1, 0.15) is 50.7 Å². The summed E-state index contributed by atoms with van der Waals surface area (Å²) in [6, 6.07) is 20.6. The number of nitrogens with zero attached hydrogens (tertiary/aromatic N) is 8. The number of benzene rings is 2. The van der Waals surface area contributed by atoms with Crippen molar-refractivity contribution < 1.29 is 0 Å². The first-order valence-electron chi connectivity index (χ1n) is 12.2. The smallest absolute Gasteiger partial charge is 0.194 e. The second-order valence-electron chi connectivity index (χ2n) is 9.35. The monoisotopic (exact) mass is 504 g/mol. The maximum Gasteiger partial charge on any atom is 0.194 e. The zero-order valence-corrected chi connectivity index (χ0v) is 21.5. The van der Waals surface area contributed by atoms with Gasteiger partial charge in [-0.05, 0) is 76.8 Å². The molecule has 1 aliphatic heterocycles. The van der Waals surface area contributed by atoms with E-state index in [0.29, 0.717) is 5.11 Å². The second kappa shape index (κ2) is 11.9. The van der Waals surface area contributed by atoms with Gasteiger partial charge in [0, 0.05) is 18.5 Å². The fraction of sp³-hybridized carbons (Fsp3) is 0.440. The Kier molecular flexibility index (Phi) is 8.42. The first kappa shape index (κ1) is 25.5. The van der Waals surface area contributed by atoms with Crippen LogP contribution in [-0.4, -0.2) is 44.6 Å². The zero-order valence-electron chi connectivity index (χ0n) is 20.7. The molecule has 10 nitrogen and oxygen atoms in total. The van der Waals surface area contributed by atoms with Gasteiger partial charge in [0.05, 0.1) is 5.54 Å². The van der Waals surface area contributed by atoms with Crippen LogP contribution in [0.2, 0.25) is 0 Å². The standard InChI is InChI=1S/C25H32N10S/c1-24(22-29-32-33-30-22,20-11-5-3-6-12-20)15-9-17-26-23(36)27-18-10-16-25(2,35-19-28-31-34-35)21-13-7-4-8-14-21/h3-8,11-14,19,22H,9-10,15-18H2,1-2H3,(H2,26,27,36). The average Bonchev–Trinajstić information content (AvgIpc) is 3.65. The summed E-state index contributed by atoms with van der Waals surface area (Å²) in [5.74, 6) is 0. The van der Waals surface area contributed by atoms with Crippen LogP contribution in [0.25, 0.3) is 0 Å². The van der Waals surface area contributed by atoms with Gasteiger partial charge in [-0.25, -0.2) is 4.68 Å². The van der Waals surface area contributed by atoms with Crippen LogP contribution in [-0.2, 0) is 11.0 Å². The van der Waals surface area contributed by atoms with Crippen molar-refractivity contribution in [1.82, 2.24) is 30.8 Å². The Morgan fingerprint density at radius 3 is 2.03 bits per heavy atom. The predicted octanol–water partition coefficient (Wildman–Crippen LogP) is 4.58. The van der Waals surface area contributed by atoms with E-state index in [9.17, 15) is 0 Å². The highest BCUT2D eigenvalue weighted by atomic mass is 32.1. The lowest BCUT2D eigenvalue weighted by Crippen LogP contribution is -2.39. The van der Waals surface area contributed by atoms with Crippen LogP contribution < -0.4 is 10.6 Å². The first-order valence-corrected chi connectivity index (χ1v) is 12.6. The van der Waals surface area contributed by atoms with Gasteiger partial charge in [0.15, 0.2) is 11.3 Å². The summed E-state index contributed by atoms with van der Waals surface area (Å²) in [4.78, 5) is 0. The number of hydrogen-bond donors (Lipinski definition) is 2. The highest BCUT2D eigenvalue weighted by molar-refractivity contribution is 7.80. The molecular weight excluding hydrogens is 472 g/mol. The quantitative estimate of drug-likeness (QED) is 0.275. The van der Waals surface area contributed by atoms with Gasteiger partial charge < -0.3 is 10.6 Å². The van der Waals surface area contributed by atoms with E-state index in [4.69, 9.17) is 12.2 Å². The van der Waals surface area contributed by atoms with Crippen molar-refractivity contribution in [2.75, 3.05) is 13.1 Å². The van der Waals surface area contributed by atoms with Gasteiger partial charge in [-0.3, -0.25) is 0 Å². The first-order chi connectivity index (χ1) is 17.5. The van der Waals surface area contributed by atoms with Crippen LogP contribution >= 0.6 is 12.2 Å². The van der Waals surface area contributed by atoms with E-state index in [1.165, 1.54) is 11.1 Å². The summed E-state index contributed by atoms with van der Waals surface area (Å²) in [5.41, 5.74) is 1.73. The van der Waals surface area contributed by atoms with E-state index >= 15 is 0 Å². The summed E-state index contributed by atoms with van der Waals surface area (Å²) >= 11 is 5.51. The Balaban J connectivity index is 1.23. The largest absolute Gasteiger partial charge is 0.363 e. The Bertz CT molecular complexity index is 1140. The SMILES string of the molecule is CC(CCCNC(=S)NCCCC(C)(c1ccccc1)n1cnnn1)(c1ccccc1)C1N=NN=N1. The molecule has 0 radical (unpaired) electrons. The fourth-order valence-electron chi connectivity index (χ4n) is 4.59. The molecule has 0 amide bonds. The molecule has 0 saturated carbocycles. The molecule has 3 aromatic rings. The van der Waals surface area contributed by atoms with Crippen molar-refractivity contribution in [2.24, 2.45) is 20.7 Å². The summed E-state index contributed by atoms with van der Waals surface area (Å²) in [7, 11) is 0. The lowest BCUT2D eigenvalue weighted by atomic mass is 9.76. The Morgan fingerprint density at radius 2 is 1.44 bits per heavy atom. The molecular formula is C25H32N10S. The molecule has 0 spiro atoms. The molecule has 4 rings (SSSR count). The fourth-order valence-corrected chi connectivity index (χ4v) is 4.80. The Morgan fingerprint density at radius 1 is 0.861 bits per heavy atom. The third-order valence-electron chi connectivity index (χ3n) is 6.90. The minimum Gasteiger partial charge on any atom is -0.363 e. The number of rotatable bonds is 12. The third-order valence-corrected chi connectivity index (χ3v) is 7.19. The average molecular weight is 505 g/mol. The minimum atomic E-state index is -0.335. The van der Waals surface area contributed by atoms with Gasteiger partial charge in [0.25, 0.3) is 0 Å². The molecule has 2 atom stereocenters. The number of thiocarbonyl (C=S) groups is 1. The Labute approximate surface area is 216 Å². The summed E-state index contributed by atoms with van der Waals surface area (Å²) < 4.78 is 1.83. The molecule has 2 heterocycles. The molecule has 1 aromatic heterocycles. The minimum absolute atomic E-state index is 0.278. The summed E-state index contributed by atoms with van der Waals surface area (Å²) in [6.07, 6.45) is 4.90. The van der Waals surface area contributed by atoms with Gasteiger partial charge in [-0.2, -0.15) is 0 Å². The van der Waals surface area contributed by atoms with Crippen molar-refractivity contribution in [1.29, 1.82) is 0 Å². The van der Waals surface area contributed by atoms with Crippen molar-refractivity contribution >= 4 is 17.3 Å². The lowest BCUT2D eigenvalue weighted by Gasteiger charge is -2.31. The zero-order chi connectivity index (χ0) is 25.3. The van der Waals surface area contributed by atoms with Gasteiger partial charge in [-0.15, -0.1) is 15.3 Å². The number of tetrazole rings is 1. The highest BCUT2D eigenvalue weighted by Gasteiger charge is 2.37. The van der Waals surface area contributed by atoms with Crippen molar-refractivity contribution in [3.8, 4) is 0 Å². The van der Waals surface area contributed by atoms with Crippen LogP contribution in [0, 0.1) is 0 Å². The van der Waals surface area contributed by atoms with E-state index < -0.39 is 0 Å². The highest BCUT2D eigenvalue weighted by Crippen LogP contribution is 2.37. The van der Waals surface area contributed by atoms with E-state index in [1.807, 2.05) is 41.1 Å². The number of aromatic nitrogens is 4. The molecule has 0 fully saturated rings. The molecule has 2 N–H and O–H groups in total. The molecule has 36 heavy (non-hydrogen) atoms. The van der Waals surface area contributed by atoms with Gasteiger partial charge in [0.1, 0.15) is 6.33 Å². The molecule has 0 saturated heterocycles. The molecule has 2 aromatic carbocycles. The van der Waals surface area contributed by atoms with Crippen LogP contribution in [0.5, 0.6) is 0 Å². The van der Waals surface area contributed by atoms with Crippen molar-refractivity contribution in [2.45, 2.75) is 56.7 Å². The van der Waals surface area contributed by atoms with Crippen molar-refractivity contribution in [3.05, 3.63) is 78.1 Å². The van der Waals surface area contributed by atoms with Gasteiger partial charge in [-0.1, -0.05) is 67.6 Å².